The van der Waals surface area contributed by atoms with Gasteiger partial charge in [-0.15, -0.1) is 0 Å². The van der Waals surface area contributed by atoms with Crippen molar-refractivity contribution < 1.29 is 19.1 Å². The number of carbonyl (C=O) groups is 2. The highest BCUT2D eigenvalue weighted by molar-refractivity contribution is 6.03. The summed E-state index contributed by atoms with van der Waals surface area (Å²) in [5.74, 6) is 0.469. The number of amidine groups is 1. The molecule has 1 fully saturated rings. The Bertz CT molecular complexity index is 678. The van der Waals surface area contributed by atoms with Crippen LogP contribution in [0.4, 0.5) is 0 Å². The highest BCUT2D eigenvalue weighted by atomic mass is 16.5. The van der Waals surface area contributed by atoms with Gasteiger partial charge in [0.05, 0.1) is 19.3 Å². The predicted molar refractivity (Wildman–Crippen MR) is 112 cm³/mol. The van der Waals surface area contributed by atoms with Gasteiger partial charge in [-0.25, -0.2) is 0 Å². The topological polar surface area (TPSA) is 106 Å². The van der Waals surface area contributed by atoms with Crippen molar-refractivity contribution in [2.45, 2.75) is 57.6 Å². The Hall–Kier alpha value is -2.35. The molecular formula is C21H34N4O4. The molecule has 29 heavy (non-hydrogen) atoms. The second kappa shape index (κ2) is 10.4. The van der Waals surface area contributed by atoms with Crippen molar-refractivity contribution in [1.82, 2.24) is 10.2 Å². The third kappa shape index (κ3) is 6.88. The summed E-state index contributed by atoms with van der Waals surface area (Å²) in [6.07, 6.45) is 9.71. The van der Waals surface area contributed by atoms with Crippen molar-refractivity contribution in [3.8, 4) is 0 Å². The average molecular weight is 407 g/mol. The van der Waals surface area contributed by atoms with Crippen LogP contribution in [0.3, 0.4) is 0 Å². The number of hydrogen-bond acceptors (Lipinski definition) is 5. The summed E-state index contributed by atoms with van der Waals surface area (Å²) >= 11 is 0. The zero-order valence-electron chi connectivity index (χ0n) is 17.9. The molecule has 0 spiro atoms. The van der Waals surface area contributed by atoms with Crippen LogP contribution in [0, 0.1) is 5.92 Å². The SMILES string of the molecule is COC1=CC(=O)N([C@@H](CC2CCCC2)C(=O)N=C(N)/C=C\NCC(C)(C)OC)C1. The molecule has 162 valence electrons. The standard InChI is InChI=1S/C21H34N4O4/c1-21(2,29-4)14-23-10-9-18(22)24-20(27)17(11-15-7-5-6-8-15)25-13-16(28-3)12-19(25)26/h9-10,12,15,17,23H,5-8,11,13-14H2,1-4H3,(H2,22,24,27)/b10-9-/t17-/m0/s1. The van der Waals surface area contributed by atoms with Crippen LogP contribution in [0.15, 0.2) is 29.1 Å². The number of ether oxygens (including phenoxy) is 2. The fraction of sp³-hybridized carbons (Fsp3) is 0.667. The summed E-state index contributed by atoms with van der Waals surface area (Å²) in [5, 5.41) is 3.08. The average Bonchev–Trinajstić information content (AvgIpc) is 3.32. The quantitative estimate of drug-likeness (QED) is 0.423. The molecule has 1 atom stereocenters. The maximum atomic E-state index is 12.9. The predicted octanol–water partition coefficient (Wildman–Crippen LogP) is 1.72. The van der Waals surface area contributed by atoms with Gasteiger partial charge in [0.25, 0.3) is 11.8 Å². The lowest BCUT2D eigenvalue weighted by atomic mass is 9.97. The van der Waals surface area contributed by atoms with Crippen molar-refractivity contribution in [1.29, 1.82) is 0 Å². The fourth-order valence-electron chi connectivity index (χ4n) is 3.58. The summed E-state index contributed by atoms with van der Waals surface area (Å²) < 4.78 is 10.5. The Morgan fingerprint density at radius 1 is 1.41 bits per heavy atom. The number of rotatable bonds is 10. The summed E-state index contributed by atoms with van der Waals surface area (Å²) in [7, 11) is 3.17. The number of hydrogen-bond donors (Lipinski definition) is 2. The first-order valence-corrected chi connectivity index (χ1v) is 10.1. The van der Waals surface area contributed by atoms with Gasteiger partial charge in [0.1, 0.15) is 17.6 Å². The number of aliphatic imine (C=N–C) groups is 1. The fourth-order valence-corrected chi connectivity index (χ4v) is 3.58. The van der Waals surface area contributed by atoms with Crippen LogP contribution in [-0.2, 0) is 19.1 Å². The minimum Gasteiger partial charge on any atom is -0.499 e. The van der Waals surface area contributed by atoms with E-state index in [9.17, 15) is 9.59 Å². The van der Waals surface area contributed by atoms with E-state index in [2.05, 4.69) is 10.3 Å². The first-order chi connectivity index (χ1) is 13.8. The largest absolute Gasteiger partial charge is 0.499 e. The van der Waals surface area contributed by atoms with Crippen LogP contribution in [0.2, 0.25) is 0 Å². The Labute approximate surface area is 173 Å². The Kier molecular flexibility index (Phi) is 8.25. The number of amides is 2. The summed E-state index contributed by atoms with van der Waals surface area (Å²) in [6.45, 7) is 4.78. The third-order valence-electron chi connectivity index (χ3n) is 5.54. The van der Waals surface area contributed by atoms with Crippen molar-refractivity contribution in [2.24, 2.45) is 16.6 Å². The molecule has 0 aromatic rings. The number of carbonyl (C=O) groups excluding carboxylic acids is 2. The molecule has 1 aliphatic carbocycles. The molecule has 1 aliphatic heterocycles. The lowest BCUT2D eigenvalue weighted by Gasteiger charge is -2.27. The molecule has 1 heterocycles. The Morgan fingerprint density at radius 3 is 2.69 bits per heavy atom. The van der Waals surface area contributed by atoms with Crippen LogP contribution in [0.25, 0.3) is 0 Å². The van der Waals surface area contributed by atoms with Crippen LogP contribution in [0.5, 0.6) is 0 Å². The number of nitrogens with two attached hydrogens (primary N) is 1. The second-order valence-corrected chi connectivity index (χ2v) is 8.24. The Balaban J connectivity index is 2.04. The molecule has 0 unspecified atom stereocenters. The smallest absolute Gasteiger partial charge is 0.270 e. The first-order valence-electron chi connectivity index (χ1n) is 10.1. The number of nitrogens with zero attached hydrogens (tertiary/aromatic N) is 2. The zero-order valence-corrected chi connectivity index (χ0v) is 17.9. The lowest BCUT2D eigenvalue weighted by Crippen LogP contribution is -2.43. The van der Waals surface area contributed by atoms with Crippen molar-refractivity contribution >= 4 is 17.6 Å². The monoisotopic (exact) mass is 406 g/mol. The van der Waals surface area contributed by atoms with Gasteiger partial charge < -0.3 is 25.4 Å². The summed E-state index contributed by atoms with van der Waals surface area (Å²) in [6, 6.07) is -0.623. The van der Waals surface area contributed by atoms with E-state index in [-0.39, 0.29) is 23.9 Å². The van der Waals surface area contributed by atoms with E-state index < -0.39 is 11.9 Å². The zero-order chi connectivity index (χ0) is 21.4. The maximum Gasteiger partial charge on any atom is 0.270 e. The van der Waals surface area contributed by atoms with Gasteiger partial charge >= 0.3 is 0 Å². The van der Waals surface area contributed by atoms with E-state index in [4.69, 9.17) is 15.2 Å². The molecule has 0 radical (unpaired) electrons. The number of nitrogens with one attached hydrogen (secondary N) is 1. The summed E-state index contributed by atoms with van der Waals surface area (Å²) in [4.78, 5) is 30.9. The molecule has 0 saturated heterocycles. The van der Waals surface area contributed by atoms with E-state index in [1.807, 2.05) is 13.8 Å². The molecule has 8 nitrogen and oxygen atoms in total. The second-order valence-electron chi connectivity index (χ2n) is 8.24. The highest BCUT2D eigenvalue weighted by Gasteiger charge is 2.36. The molecule has 2 aliphatic rings. The van der Waals surface area contributed by atoms with Crippen LogP contribution >= 0.6 is 0 Å². The first kappa shape index (κ1) is 22.9. The van der Waals surface area contributed by atoms with Gasteiger partial charge in [-0.3, -0.25) is 9.59 Å². The molecule has 3 N–H and O–H groups in total. The van der Waals surface area contributed by atoms with E-state index in [1.54, 1.807) is 24.3 Å². The van der Waals surface area contributed by atoms with Gasteiger partial charge in [-0.05, 0) is 32.3 Å². The van der Waals surface area contributed by atoms with E-state index in [0.29, 0.717) is 24.6 Å². The van der Waals surface area contributed by atoms with E-state index in [0.717, 1.165) is 12.8 Å². The molecule has 0 bridgehead atoms. The molecule has 0 aromatic carbocycles. The lowest BCUT2D eigenvalue weighted by molar-refractivity contribution is -0.134. The molecule has 0 aromatic heterocycles. The number of methoxy groups -OCH3 is 2. The molecule has 1 saturated carbocycles. The minimum atomic E-state index is -0.623. The van der Waals surface area contributed by atoms with Crippen LogP contribution in [-0.4, -0.2) is 61.5 Å². The van der Waals surface area contributed by atoms with Gasteiger partial charge in [0, 0.05) is 25.9 Å². The van der Waals surface area contributed by atoms with Crippen LogP contribution in [0.1, 0.15) is 46.0 Å². The van der Waals surface area contributed by atoms with E-state index >= 15 is 0 Å². The van der Waals surface area contributed by atoms with Gasteiger partial charge in [0.15, 0.2) is 0 Å². The van der Waals surface area contributed by atoms with Crippen LogP contribution < -0.4 is 11.1 Å². The van der Waals surface area contributed by atoms with Crippen molar-refractivity contribution in [3.05, 3.63) is 24.1 Å². The van der Waals surface area contributed by atoms with Gasteiger partial charge in [0.2, 0.25) is 0 Å². The highest BCUT2D eigenvalue weighted by Crippen LogP contribution is 2.31. The van der Waals surface area contributed by atoms with Crippen molar-refractivity contribution in [2.75, 3.05) is 27.3 Å². The maximum absolute atomic E-state index is 12.9. The van der Waals surface area contributed by atoms with Gasteiger partial charge in [-0.2, -0.15) is 4.99 Å². The molecular weight excluding hydrogens is 372 g/mol. The molecule has 2 amide bonds. The molecule has 2 rings (SSSR count). The van der Waals surface area contributed by atoms with E-state index in [1.165, 1.54) is 26.0 Å². The Morgan fingerprint density at radius 2 is 2.10 bits per heavy atom. The van der Waals surface area contributed by atoms with Gasteiger partial charge in [-0.1, -0.05) is 25.7 Å². The minimum absolute atomic E-state index is 0.0979. The third-order valence-corrected chi connectivity index (χ3v) is 5.54. The van der Waals surface area contributed by atoms with Crippen molar-refractivity contribution in [3.63, 3.8) is 0 Å². The normalized spacial score (nSPS) is 19.7. The molecule has 8 heteroatoms. The summed E-state index contributed by atoms with van der Waals surface area (Å²) in [5.41, 5.74) is 5.60.